The molecule has 0 fully saturated rings. The quantitative estimate of drug-likeness (QED) is 0.719. The molecule has 0 saturated carbocycles. The van der Waals surface area contributed by atoms with Crippen LogP contribution in [0.5, 0.6) is 5.75 Å². The number of hydrogen-bond acceptors (Lipinski definition) is 6. The second-order valence-corrected chi connectivity index (χ2v) is 5.51. The lowest BCUT2D eigenvalue weighted by molar-refractivity contribution is 0.415. The van der Waals surface area contributed by atoms with Crippen LogP contribution in [0.2, 0.25) is 5.02 Å². The number of benzene rings is 2. The number of hydrogen-bond donors (Lipinski definition) is 2. The van der Waals surface area contributed by atoms with E-state index in [2.05, 4.69) is 25.8 Å². The molecule has 0 radical (unpaired) electrons. The van der Waals surface area contributed by atoms with E-state index in [-0.39, 0.29) is 0 Å². The molecule has 7 heteroatoms. The standard InChI is InChI=1S/C17H16ClN5O/c1-11-3-4-13(9-15(11)18)21-17-22-16(10-19-23-17)20-12-5-7-14(24-2)8-6-12/h3-10H,1-2H3,(H2,20,21,22,23). The molecule has 2 N–H and O–H groups in total. The zero-order valence-electron chi connectivity index (χ0n) is 13.2. The summed E-state index contributed by atoms with van der Waals surface area (Å²) in [4.78, 5) is 4.39. The van der Waals surface area contributed by atoms with E-state index in [9.17, 15) is 0 Å². The third-order valence-corrected chi connectivity index (χ3v) is 3.76. The Balaban J connectivity index is 1.74. The van der Waals surface area contributed by atoms with Crippen LogP contribution < -0.4 is 15.4 Å². The van der Waals surface area contributed by atoms with E-state index in [1.54, 1.807) is 13.3 Å². The fourth-order valence-corrected chi connectivity index (χ4v) is 2.22. The Hall–Kier alpha value is -2.86. The highest BCUT2D eigenvalue weighted by atomic mass is 35.5. The van der Waals surface area contributed by atoms with E-state index in [1.807, 2.05) is 49.4 Å². The molecule has 3 aromatic rings. The number of methoxy groups -OCH3 is 1. The van der Waals surface area contributed by atoms with E-state index in [1.165, 1.54) is 0 Å². The molecule has 0 atom stereocenters. The van der Waals surface area contributed by atoms with Gasteiger partial charge in [0.15, 0.2) is 5.82 Å². The Morgan fingerprint density at radius 1 is 1.00 bits per heavy atom. The van der Waals surface area contributed by atoms with Crippen molar-refractivity contribution in [3.63, 3.8) is 0 Å². The molecule has 24 heavy (non-hydrogen) atoms. The van der Waals surface area contributed by atoms with Gasteiger partial charge in [0.25, 0.3) is 0 Å². The first-order chi connectivity index (χ1) is 11.6. The molecule has 0 aliphatic rings. The van der Waals surface area contributed by atoms with E-state index >= 15 is 0 Å². The van der Waals surface area contributed by atoms with E-state index in [0.29, 0.717) is 16.8 Å². The topological polar surface area (TPSA) is 72.0 Å². The van der Waals surface area contributed by atoms with Gasteiger partial charge in [0.1, 0.15) is 5.75 Å². The second kappa shape index (κ2) is 7.14. The number of halogens is 1. The van der Waals surface area contributed by atoms with Crippen LogP contribution in [-0.2, 0) is 0 Å². The maximum Gasteiger partial charge on any atom is 0.249 e. The molecule has 0 bridgehead atoms. The molecule has 0 spiro atoms. The minimum absolute atomic E-state index is 0.383. The highest BCUT2D eigenvalue weighted by Gasteiger charge is 2.04. The first kappa shape index (κ1) is 16.0. The molecular formula is C17H16ClN5O. The van der Waals surface area contributed by atoms with Gasteiger partial charge in [-0.15, -0.1) is 5.10 Å². The van der Waals surface area contributed by atoms with Gasteiger partial charge in [0.2, 0.25) is 5.95 Å². The van der Waals surface area contributed by atoms with Gasteiger partial charge >= 0.3 is 0 Å². The number of aromatic nitrogens is 3. The number of aryl methyl sites for hydroxylation is 1. The lowest BCUT2D eigenvalue weighted by atomic mass is 10.2. The summed E-state index contributed by atoms with van der Waals surface area (Å²) in [5.41, 5.74) is 2.69. The van der Waals surface area contributed by atoms with Gasteiger partial charge in [-0.1, -0.05) is 17.7 Å². The fourth-order valence-electron chi connectivity index (χ4n) is 2.04. The molecule has 0 saturated heterocycles. The molecule has 0 aliphatic heterocycles. The van der Waals surface area contributed by atoms with Crippen molar-refractivity contribution >= 4 is 34.7 Å². The summed E-state index contributed by atoms with van der Waals surface area (Å²) in [6.07, 6.45) is 1.55. The second-order valence-electron chi connectivity index (χ2n) is 5.11. The van der Waals surface area contributed by atoms with Crippen molar-refractivity contribution in [1.29, 1.82) is 0 Å². The maximum absolute atomic E-state index is 6.12. The molecule has 0 unspecified atom stereocenters. The smallest absolute Gasteiger partial charge is 0.249 e. The van der Waals surface area contributed by atoms with Gasteiger partial charge in [-0.2, -0.15) is 10.1 Å². The highest BCUT2D eigenvalue weighted by molar-refractivity contribution is 6.31. The number of ether oxygens (including phenoxy) is 1. The largest absolute Gasteiger partial charge is 0.497 e. The van der Waals surface area contributed by atoms with Crippen LogP contribution >= 0.6 is 11.6 Å². The minimum atomic E-state index is 0.383. The number of nitrogens with one attached hydrogen (secondary N) is 2. The Morgan fingerprint density at radius 3 is 2.46 bits per heavy atom. The van der Waals surface area contributed by atoms with Crippen LogP contribution in [0.25, 0.3) is 0 Å². The zero-order chi connectivity index (χ0) is 16.9. The molecule has 1 aromatic heterocycles. The van der Waals surface area contributed by atoms with Crippen LogP contribution in [0.15, 0.2) is 48.7 Å². The van der Waals surface area contributed by atoms with Gasteiger partial charge in [-0.3, -0.25) is 0 Å². The van der Waals surface area contributed by atoms with Crippen LogP contribution in [-0.4, -0.2) is 22.3 Å². The normalized spacial score (nSPS) is 10.3. The summed E-state index contributed by atoms with van der Waals surface area (Å²) in [6, 6.07) is 13.2. The molecule has 122 valence electrons. The van der Waals surface area contributed by atoms with Crippen molar-refractivity contribution in [3.8, 4) is 5.75 Å². The third-order valence-electron chi connectivity index (χ3n) is 3.35. The summed E-state index contributed by atoms with van der Waals surface area (Å²) in [7, 11) is 1.63. The number of anilines is 4. The summed E-state index contributed by atoms with van der Waals surface area (Å²) in [5.74, 6) is 1.75. The molecule has 0 amide bonds. The summed E-state index contributed by atoms with van der Waals surface area (Å²) in [5, 5.41) is 14.9. The van der Waals surface area contributed by atoms with Crippen molar-refractivity contribution in [3.05, 3.63) is 59.2 Å². The third kappa shape index (κ3) is 3.91. The van der Waals surface area contributed by atoms with E-state index in [4.69, 9.17) is 16.3 Å². The number of rotatable bonds is 5. The van der Waals surface area contributed by atoms with Gasteiger partial charge in [0, 0.05) is 16.4 Å². The van der Waals surface area contributed by atoms with Crippen LogP contribution in [0.1, 0.15) is 5.56 Å². The van der Waals surface area contributed by atoms with Gasteiger partial charge in [0.05, 0.1) is 13.3 Å². The van der Waals surface area contributed by atoms with E-state index in [0.717, 1.165) is 22.7 Å². The Morgan fingerprint density at radius 2 is 1.75 bits per heavy atom. The summed E-state index contributed by atoms with van der Waals surface area (Å²) >= 11 is 6.12. The van der Waals surface area contributed by atoms with Gasteiger partial charge in [-0.05, 0) is 48.9 Å². The molecule has 1 heterocycles. The molecule has 0 aliphatic carbocycles. The average Bonchev–Trinajstić information content (AvgIpc) is 2.59. The molecule has 2 aromatic carbocycles. The average molecular weight is 342 g/mol. The van der Waals surface area contributed by atoms with Crippen molar-refractivity contribution in [2.45, 2.75) is 6.92 Å². The van der Waals surface area contributed by atoms with Gasteiger partial charge in [-0.25, -0.2) is 0 Å². The zero-order valence-corrected chi connectivity index (χ0v) is 14.0. The lowest BCUT2D eigenvalue weighted by Gasteiger charge is -2.09. The minimum Gasteiger partial charge on any atom is -0.497 e. The molecule has 6 nitrogen and oxygen atoms in total. The SMILES string of the molecule is COc1ccc(Nc2cnnc(Nc3ccc(C)c(Cl)c3)n2)cc1. The first-order valence-electron chi connectivity index (χ1n) is 7.28. The Kier molecular flexibility index (Phi) is 4.77. The Labute approximate surface area is 144 Å². The van der Waals surface area contributed by atoms with Crippen LogP contribution in [0.4, 0.5) is 23.1 Å². The van der Waals surface area contributed by atoms with Crippen molar-refractivity contribution in [2.75, 3.05) is 17.7 Å². The highest BCUT2D eigenvalue weighted by Crippen LogP contribution is 2.23. The van der Waals surface area contributed by atoms with Crippen LogP contribution in [0, 0.1) is 6.92 Å². The lowest BCUT2D eigenvalue weighted by Crippen LogP contribution is -2.02. The monoisotopic (exact) mass is 341 g/mol. The predicted molar refractivity (Wildman–Crippen MR) is 95.6 cm³/mol. The van der Waals surface area contributed by atoms with Crippen LogP contribution in [0.3, 0.4) is 0 Å². The molecule has 3 rings (SSSR count). The summed E-state index contributed by atoms with van der Waals surface area (Å²) < 4.78 is 5.14. The maximum atomic E-state index is 6.12. The predicted octanol–water partition coefficient (Wildman–Crippen LogP) is 4.33. The number of nitrogens with zero attached hydrogens (tertiary/aromatic N) is 3. The van der Waals surface area contributed by atoms with Crippen molar-refractivity contribution in [1.82, 2.24) is 15.2 Å². The first-order valence-corrected chi connectivity index (χ1v) is 7.66. The molecular weight excluding hydrogens is 326 g/mol. The fraction of sp³-hybridized carbons (Fsp3) is 0.118. The van der Waals surface area contributed by atoms with Crippen molar-refractivity contribution < 1.29 is 4.74 Å². The van der Waals surface area contributed by atoms with Gasteiger partial charge < -0.3 is 15.4 Å². The van der Waals surface area contributed by atoms with Crippen molar-refractivity contribution in [2.24, 2.45) is 0 Å². The summed E-state index contributed by atoms with van der Waals surface area (Å²) in [6.45, 7) is 1.95. The Bertz CT molecular complexity index is 839. The van der Waals surface area contributed by atoms with E-state index < -0.39 is 0 Å².